The van der Waals surface area contributed by atoms with Gasteiger partial charge in [0.25, 0.3) is 0 Å². The van der Waals surface area contributed by atoms with Crippen LogP contribution in [0.5, 0.6) is 0 Å². The van der Waals surface area contributed by atoms with E-state index in [1.54, 1.807) is 11.0 Å². The van der Waals surface area contributed by atoms with Gasteiger partial charge in [-0.25, -0.2) is 4.68 Å². The Kier molecular flexibility index (Phi) is 1.77. The summed E-state index contributed by atoms with van der Waals surface area (Å²) in [6.07, 6.45) is 1.19. The molecule has 0 aliphatic carbocycles. The minimum Gasteiger partial charge on any atom is -0.330 e. The van der Waals surface area contributed by atoms with E-state index in [0.29, 0.717) is 5.69 Å². The smallest absolute Gasteiger partial charge is 0.157 e. The number of aliphatic imine (C=N–C) groups is 1. The highest BCUT2D eigenvalue weighted by molar-refractivity contribution is 5.77. The van der Waals surface area contributed by atoms with Crippen LogP contribution in [0.2, 0.25) is 0 Å². The second-order valence-corrected chi connectivity index (χ2v) is 3.23. The number of anilines is 1. The van der Waals surface area contributed by atoms with Gasteiger partial charge >= 0.3 is 0 Å². The standard InChI is InChI=1S/C7H12N6/c1-4(2)13-7-5(11-12-13)6(8)9-3-10-7/h3-4,6H,8H2,1-2H3,(H,9,10). The van der Waals surface area contributed by atoms with Gasteiger partial charge in [-0.2, -0.15) is 0 Å². The zero-order chi connectivity index (χ0) is 9.42. The number of hydrogen-bond acceptors (Lipinski definition) is 5. The zero-order valence-corrected chi connectivity index (χ0v) is 7.60. The van der Waals surface area contributed by atoms with Crippen LogP contribution in [0.3, 0.4) is 0 Å². The molecule has 0 aromatic carbocycles. The van der Waals surface area contributed by atoms with Crippen molar-refractivity contribution in [2.24, 2.45) is 10.7 Å². The lowest BCUT2D eigenvalue weighted by molar-refractivity contribution is 0.521. The molecule has 0 fully saturated rings. The fraction of sp³-hybridized carbons (Fsp3) is 0.571. The van der Waals surface area contributed by atoms with Crippen molar-refractivity contribution in [1.82, 2.24) is 15.0 Å². The van der Waals surface area contributed by atoms with E-state index in [0.717, 1.165) is 5.82 Å². The maximum Gasteiger partial charge on any atom is 0.157 e. The van der Waals surface area contributed by atoms with Gasteiger partial charge in [0, 0.05) is 0 Å². The molecule has 1 aromatic rings. The van der Waals surface area contributed by atoms with Crippen LogP contribution in [0.1, 0.15) is 31.7 Å². The molecule has 6 heteroatoms. The molecule has 1 unspecified atom stereocenters. The molecule has 0 spiro atoms. The number of aromatic nitrogens is 3. The van der Waals surface area contributed by atoms with E-state index in [4.69, 9.17) is 5.73 Å². The molecule has 0 bridgehead atoms. The predicted molar refractivity (Wildman–Crippen MR) is 49.5 cm³/mol. The van der Waals surface area contributed by atoms with E-state index >= 15 is 0 Å². The van der Waals surface area contributed by atoms with Crippen molar-refractivity contribution in [3.63, 3.8) is 0 Å². The van der Waals surface area contributed by atoms with Gasteiger partial charge in [-0.05, 0) is 13.8 Å². The number of hydrogen-bond donors (Lipinski definition) is 2. The molecule has 6 nitrogen and oxygen atoms in total. The molecule has 0 saturated carbocycles. The van der Waals surface area contributed by atoms with Crippen molar-refractivity contribution in [1.29, 1.82) is 0 Å². The van der Waals surface area contributed by atoms with E-state index in [2.05, 4.69) is 20.6 Å². The molecule has 1 aromatic heterocycles. The molecule has 1 aliphatic rings. The number of nitrogens with zero attached hydrogens (tertiary/aromatic N) is 4. The Morgan fingerprint density at radius 3 is 3.08 bits per heavy atom. The molecule has 0 radical (unpaired) electrons. The number of rotatable bonds is 1. The largest absolute Gasteiger partial charge is 0.330 e. The lowest BCUT2D eigenvalue weighted by Gasteiger charge is -2.14. The second kappa shape index (κ2) is 2.81. The summed E-state index contributed by atoms with van der Waals surface area (Å²) < 4.78 is 1.79. The van der Waals surface area contributed by atoms with E-state index in [1.807, 2.05) is 13.8 Å². The van der Waals surface area contributed by atoms with E-state index in [1.165, 1.54) is 0 Å². The minimum atomic E-state index is -0.385. The monoisotopic (exact) mass is 180 g/mol. The van der Waals surface area contributed by atoms with Gasteiger partial charge in [0.2, 0.25) is 0 Å². The first-order chi connectivity index (χ1) is 6.20. The SMILES string of the molecule is CC(C)n1nnc2c1NC=NC2N. The van der Waals surface area contributed by atoms with E-state index in [9.17, 15) is 0 Å². The van der Waals surface area contributed by atoms with Crippen LogP contribution in [0, 0.1) is 0 Å². The summed E-state index contributed by atoms with van der Waals surface area (Å²) in [6.45, 7) is 4.07. The summed E-state index contributed by atoms with van der Waals surface area (Å²) in [5.74, 6) is 0.845. The van der Waals surface area contributed by atoms with Gasteiger partial charge in [-0.3, -0.25) is 4.99 Å². The Hall–Kier alpha value is -1.43. The number of nitrogens with one attached hydrogen (secondary N) is 1. The first kappa shape index (κ1) is 8.18. The zero-order valence-electron chi connectivity index (χ0n) is 7.60. The van der Waals surface area contributed by atoms with Gasteiger partial charge in [0.1, 0.15) is 11.9 Å². The fourth-order valence-electron chi connectivity index (χ4n) is 1.26. The number of nitrogens with two attached hydrogens (primary N) is 1. The van der Waals surface area contributed by atoms with Crippen LogP contribution < -0.4 is 11.1 Å². The third-order valence-corrected chi connectivity index (χ3v) is 1.93. The van der Waals surface area contributed by atoms with Crippen molar-refractivity contribution in [2.45, 2.75) is 26.1 Å². The minimum absolute atomic E-state index is 0.266. The fourth-order valence-corrected chi connectivity index (χ4v) is 1.26. The van der Waals surface area contributed by atoms with Crippen molar-refractivity contribution < 1.29 is 0 Å². The van der Waals surface area contributed by atoms with Crippen LogP contribution in [-0.2, 0) is 0 Å². The molecule has 0 saturated heterocycles. The quantitative estimate of drug-likeness (QED) is 0.650. The number of fused-ring (bicyclic) bond motifs is 1. The van der Waals surface area contributed by atoms with Gasteiger partial charge in [0.15, 0.2) is 5.82 Å². The highest BCUT2D eigenvalue weighted by Crippen LogP contribution is 2.24. The van der Waals surface area contributed by atoms with Gasteiger partial charge in [-0.15, -0.1) is 5.10 Å². The summed E-state index contributed by atoms with van der Waals surface area (Å²) >= 11 is 0. The first-order valence-electron chi connectivity index (χ1n) is 4.19. The molecule has 2 rings (SSSR count). The summed E-state index contributed by atoms with van der Waals surface area (Å²) in [7, 11) is 0. The normalized spacial score (nSPS) is 20.2. The molecular weight excluding hydrogens is 168 g/mol. The Morgan fingerprint density at radius 1 is 1.62 bits per heavy atom. The first-order valence-corrected chi connectivity index (χ1v) is 4.19. The van der Waals surface area contributed by atoms with Crippen LogP contribution in [-0.4, -0.2) is 21.3 Å². The van der Waals surface area contributed by atoms with Crippen molar-refractivity contribution in [3.8, 4) is 0 Å². The molecule has 70 valence electrons. The van der Waals surface area contributed by atoms with E-state index < -0.39 is 0 Å². The Bertz CT molecular complexity index is 339. The summed E-state index contributed by atoms with van der Waals surface area (Å²) in [6, 6.07) is 0.266. The van der Waals surface area contributed by atoms with Gasteiger partial charge in [-0.1, -0.05) is 5.21 Å². The Labute approximate surface area is 75.8 Å². The lowest BCUT2D eigenvalue weighted by Crippen LogP contribution is -2.18. The maximum absolute atomic E-state index is 5.71. The third-order valence-electron chi connectivity index (χ3n) is 1.93. The summed E-state index contributed by atoms with van der Waals surface area (Å²) in [5, 5.41) is 11.0. The van der Waals surface area contributed by atoms with Gasteiger partial charge in [0.05, 0.1) is 12.4 Å². The molecule has 1 aliphatic heterocycles. The average molecular weight is 180 g/mol. The Morgan fingerprint density at radius 2 is 2.38 bits per heavy atom. The highest BCUT2D eigenvalue weighted by atomic mass is 15.5. The molecule has 0 amide bonds. The molecule has 3 N–H and O–H groups in total. The van der Waals surface area contributed by atoms with Crippen LogP contribution in [0.25, 0.3) is 0 Å². The van der Waals surface area contributed by atoms with Crippen LogP contribution >= 0.6 is 0 Å². The maximum atomic E-state index is 5.71. The molecule has 2 heterocycles. The van der Waals surface area contributed by atoms with Gasteiger partial charge < -0.3 is 11.1 Å². The summed E-state index contributed by atoms with van der Waals surface area (Å²) in [5.41, 5.74) is 6.41. The van der Waals surface area contributed by atoms with E-state index in [-0.39, 0.29) is 12.2 Å². The van der Waals surface area contributed by atoms with Crippen molar-refractivity contribution in [2.75, 3.05) is 5.32 Å². The summed E-state index contributed by atoms with van der Waals surface area (Å²) in [4.78, 5) is 3.97. The third kappa shape index (κ3) is 1.19. The van der Waals surface area contributed by atoms with Crippen LogP contribution in [0.4, 0.5) is 5.82 Å². The van der Waals surface area contributed by atoms with Crippen molar-refractivity contribution >= 4 is 12.2 Å². The average Bonchev–Trinajstić information content (AvgIpc) is 2.48. The molecule has 13 heavy (non-hydrogen) atoms. The van der Waals surface area contributed by atoms with Crippen molar-refractivity contribution in [3.05, 3.63) is 5.69 Å². The highest BCUT2D eigenvalue weighted by Gasteiger charge is 2.21. The molecule has 1 atom stereocenters. The topological polar surface area (TPSA) is 81.1 Å². The predicted octanol–water partition coefficient (Wildman–Crippen LogP) is 0.270. The molecular formula is C7H12N6. The second-order valence-electron chi connectivity index (χ2n) is 3.23. The Balaban J connectivity index is 2.45. The lowest BCUT2D eigenvalue weighted by atomic mass is 10.3. The van der Waals surface area contributed by atoms with Crippen LogP contribution in [0.15, 0.2) is 4.99 Å².